The van der Waals surface area contributed by atoms with E-state index in [2.05, 4.69) is 15.6 Å². The molecule has 0 saturated heterocycles. The highest BCUT2D eigenvalue weighted by Crippen LogP contribution is 2.30. The van der Waals surface area contributed by atoms with Crippen LogP contribution in [0.5, 0.6) is 5.75 Å². The van der Waals surface area contributed by atoms with Gasteiger partial charge in [-0.15, -0.1) is 0 Å². The molecule has 1 aliphatic rings. The lowest BCUT2D eigenvalue weighted by atomic mass is 9.95. The summed E-state index contributed by atoms with van der Waals surface area (Å²) in [5.74, 6) is 1.23. The molecule has 0 unspecified atom stereocenters. The molecule has 28 heavy (non-hydrogen) atoms. The summed E-state index contributed by atoms with van der Waals surface area (Å²) in [6, 6.07) is 7.65. The molecule has 3 rings (SSSR count). The Hall–Kier alpha value is -2.83. The van der Waals surface area contributed by atoms with E-state index in [1.165, 1.54) is 6.42 Å². The number of benzene rings is 1. The van der Waals surface area contributed by atoms with Crippen LogP contribution in [0.15, 0.2) is 28.7 Å². The summed E-state index contributed by atoms with van der Waals surface area (Å²) in [6.07, 6.45) is 5.62. The van der Waals surface area contributed by atoms with E-state index in [4.69, 9.17) is 9.15 Å². The lowest BCUT2D eigenvalue weighted by molar-refractivity contribution is -0.126. The minimum absolute atomic E-state index is 0.0222. The second kappa shape index (κ2) is 9.39. The molecule has 1 saturated carbocycles. The van der Waals surface area contributed by atoms with Crippen molar-refractivity contribution in [3.8, 4) is 17.2 Å². The van der Waals surface area contributed by atoms with Crippen LogP contribution < -0.4 is 15.4 Å². The van der Waals surface area contributed by atoms with Crippen LogP contribution in [0.1, 0.15) is 43.6 Å². The Morgan fingerprint density at radius 3 is 2.68 bits per heavy atom. The SMILES string of the molecule is COc1ccccc1-c1nc(CC(=O)NCC(=O)NC2CCCCC2)c(C)o1. The van der Waals surface area contributed by atoms with Crippen molar-refractivity contribution in [2.45, 2.75) is 51.5 Å². The van der Waals surface area contributed by atoms with Gasteiger partial charge in [0.2, 0.25) is 17.7 Å². The highest BCUT2D eigenvalue weighted by molar-refractivity contribution is 5.85. The topological polar surface area (TPSA) is 93.5 Å². The number of carbonyl (C=O) groups excluding carboxylic acids is 2. The summed E-state index contributed by atoms with van der Waals surface area (Å²) in [5, 5.41) is 5.65. The maximum absolute atomic E-state index is 12.2. The van der Waals surface area contributed by atoms with Gasteiger partial charge >= 0.3 is 0 Å². The largest absolute Gasteiger partial charge is 0.496 e. The van der Waals surface area contributed by atoms with Crippen LogP contribution in [0.3, 0.4) is 0 Å². The molecule has 1 aromatic heterocycles. The van der Waals surface area contributed by atoms with E-state index < -0.39 is 0 Å². The van der Waals surface area contributed by atoms with E-state index >= 15 is 0 Å². The van der Waals surface area contributed by atoms with E-state index in [-0.39, 0.29) is 30.8 Å². The van der Waals surface area contributed by atoms with Crippen molar-refractivity contribution in [2.75, 3.05) is 13.7 Å². The molecule has 1 aliphatic carbocycles. The van der Waals surface area contributed by atoms with Crippen LogP contribution in [-0.4, -0.2) is 36.5 Å². The zero-order valence-corrected chi connectivity index (χ0v) is 16.4. The molecule has 0 radical (unpaired) electrons. The van der Waals surface area contributed by atoms with E-state index in [1.807, 2.05) is 24.3 Å². The molecule has 0 bridgehead atoms. The molecule has 0 spiro atoms. The minimum atomic E-state index is -0.262. The van der Waals surface area contributed by atoms with E-state index in [9.17, 15) is 9.59 Å². The molecule has 0 atom stereocenters. The van der Waals surface area contributed by atoms with Crippen LogP contribution >= 0.6 is 0 Å². The number of nitrogens with one attached hydrogen (secondary N) is 2. The number of aryl methyl sites for hydroxylation is 1. The Morgan fingerprint density at radius 2 is 1.93 bits per heavy atom. The Morgan fingerprint density at radius 1 is 1.18 bits per heavy atom. The first-order valence-electron chi connectivity index (χ1n) is 9.72. The fourth-order valence-electron chi connectivity index (χ4n) is 3.45. The fourth-order valence-corrected chi connectivity index (χ4v) is 3.45. The number of carbonyl (C=O) groups is 2. The molecule has 2 amide bonds. The number of methoxy groups -OCH3 is 1. The van der Waals surface area contributed by atoms with Crippen molar-refractivity contribution in [1.29, 1.82) is 0 Å². The monoisotopic (exact) mass is 385 g/mol. The van der Waals surface area contributed by atoms with Crippen LogP contribution in [-0.2, 0) is 16.0 Å². The van der Waals surface area contributed by atoms with Gasteiger partial charge in [-0.25, -0.2) is 4.98 Å². The third-order valence-corrected chi connectivity index (χ3v) is 4.97. The summed E-state index contributed by atoms with van der Waals surface area (Å²) in [4.78, 5) is 28.7. The molecule has 7 heteroatoms. The van der Waals surface area contributed by atoms with Crippen LogP contribution in [0, 0.1) is 6.92 Å². The zero-order valence-electron chi connectivity index (χ0n) is 16.4. The van der Waals surface area contributed by atoms with E-state index in [1.54, 1.807) is 14.0 Å². The number of para-hydroxylation sites is 1. The standard InChI is InChI=1S/C21H27N3O4/c1-14-17(24-21(28-14)16-10-6-7-11-18(16)27-2)12-19(25)22-13-20(26)23-15-8-4-3-5-9-15/h6-7,10-11,15H,3-5,8-9,12-13H2,1-2H3,(H,22,25)(H,23,26). The molecule has 1 fully saturated rings. The molecule has 150 valence electrons. The van der Waals surface area contributed by atoms with Crippen molar-refractivity contribution in [3.63, 3.8) is 0 Å². The van der Waals surface area contributed by atoms with Gasteiger partial charge < -0.3 is 19.8 Å². The van der Waals surface area contributed by atoms with Gasteiger partial charge in [-0.2, -0.15) is 0 Å². The quantitative estimate of drug-likeness (QED) is 0.764. The van der Waals surface area contributed by atoms with Crippen molar-refractivity contribution >= 4 is 11.8 Å². The normalized spacial score (nSPS) is 14.5. The number of amides is 2. The van der Waals surface area contributed by atoms with Crippen LogP contribution in [0.2, 0.25) is 0 Å². The third kappa shape index (κ3) is 5.12. The second-order valence-corrected chi connectivity index (χ2v) is 7.08. The van der Waals surface area contributed by atoms with Gasteiger partial charge in [-0.05, 0) is 31.9 Å². The molecular weight excluding hydrogens is 358 g/mol. The number of hydrogen-bond donors (Lipinski definition) is 2. The molecule has 1 heterocycles. The van der Waals surface area contributed by atoms with Gasteiger partial charge in [0.25, 0.3) is 0 Å². The maximum Gasteiger partial charge on any atom is 0.239 e. The number of aromatic nitrogens is 1. The Kier molecular flexibility index (Phi) is 6.68. The van der Waals surface area contributed by atoms with Crippen LogP contribution in [0.25, 0.3) is 11.5 Å². The molecule has 2 N–H and O–H groups in total. The molecule has 0 aliphatic heterocycles. The van der Waals surface area contributed by atoms with Gasteiger partial charge in [0, 0.05) is 6.04 Å². The highest BCUT2D eigenvalue weighted by Gasteiger charge is 2.19. The summed E-state index contributed by atoms with van der Waals surface area (Å²) in [7, 11) is 1.58. The van der Waals surface area contributed by atoms with Gasteiger partial charge in [0.1, 0.15) is 11.5 Å². The Bertz CT molecular complexity index is 825. The fraction of sp³-hybridized carbons (Fsp3) is 0.476. The predicted octanol–water partition coefficient (Wildman–Crippen LogP) is 2.77. The van der Waals surface area contributed by atoms with Gasteiger partial charge in [0.15, 0.2) is 0 Å². The smallest absolute Gasteiger partial charge is 0.239 e. The third-order valence-electron chi connectivity index (χ3n) is 4.97. The zero-order chi connectivity index (χ0) is 19.9. The lowest BCUT2D eigenvalue weighted by Gasteiger charge is -2.22. The molecular formula is C21H27N3O4. The number of nitrogens with zero attached hydrogens (tertiary/aromatic N) is 1. The van der Waals surface area contributed by atoms with E-state index in [0.717, 1.165) is 31.2 Å². The Balaban J connectivity index is 1.54. The number of oxazole rings is 1. The van der Waals surface area contributed by atoms with E-state index in [0.29, 0.717) is 23.1 Å². The first-order chi connectivity index (χ1) is 13.6. The summed E-state index contributed by atoms with van der Waals surface area (Å²) >= 11 is 0. The summed E-state index contributed by atoms with van der Waals surface area (Å²) < 4.78 is 11.1. The number of hydrogen-bond acceptors (Lipinski definition) is 5. The molecule has 2 aromatic rings. The van der Waals surface area contributed by atoms with Crippen molar-refractivity contribution in [1.82, 2.24) is 15.6 Å². The van der Waals surface area contributed by atoms with Gasteiger partial charge in [0.05, 0.1) is 31.3 Å². The predicted molar refractivity (Wildman–Crippen MR) is 105 cm³/mol. The minimum Gasteiger partial charge on any atom is -0.496 e. The maximum atomic E-state index is 12.2. The summed E-state index contributed by atoms with van der Waals surface area (Å²) in [5.41, 5.74) is 1.28. The average Bonchev–Trinajstić information content (AvgIpc) is 3.07. The Labute approximate surface area is 164 Å². The van der Waals surface area contributed by atoms with Crippen LogP contribution in [0.4, 0.5) is 0 Å². The first kappa shape index (κ1) is 19.9. The average molecular weight is 385 g/mol. The number of rotatable bonds is 7. The van der Waals surface area contributed by atoms with Crippen molar-refractivity contribution in [3.05, 3.63) is 35.7 Å². The van der Waals surface area contributed by atoms with Crippen molar-refractivity contribution in [2.24, 2.45) is 0 Å². The molecule has 1 aromatic carbocycles. The lowest BCUT2D eigenvalue weighted by Crippen LogP contribution is -2.43. The van der Waals surface area contributed by atoms with Crippen molar-refractivity contribution < 1.29 is 18.7 Å². The first-order valence-corrected chi connectivity index (χ1v) is 9.72. The highest BCUT2D eigenvalue weighted by atomic mass is 16.5. The molecule has 7 nitrogen and oxygen atoms in total. The summed E-state index contributed by atoms with van der Waals surface area (Å²) in [6.45, 7) is 1.75. The second-order valence-electron chi connectivity index (χ2n) is 7.08. The van der Waals surface area contributed by atoms with Gasteiger partial charge in [-0.1, -0.05) is 31.4 Å². The number of ether oxygens (including phenoxy) is 1. The van der Waals surface area contributed by atoms with Gasteiger partial charge in [-0.3, -0.25) is 9.59 Å².